The van der Waals surface area contributed by atoms with Crippen LogP contribution < -0.4 is 0 Å². The maximum Gasteiger partial charge on any atom is 0.329 e. The standard InChI is InChI=1S/C13H16BrNO5S/c14-10-2-1-3-12(8-10)21(18,19)15-6-4-11(5-7-15)20-9-13(16)17/h1-3,8,11H,4-7,9H2,(H,16,17). The van der Waals surface area contributed by atoms with Gasteiger partial charge in [0, 0.05) is 17.6 Å². The number of ether oxygens (including phenoxy) is 1. The summed E-state index contributed by atoms with van der Waals surface area (Å²) in [7, 11) is -3.51. The summed E-state index contributed by atoms with van der Waals surface area (Å²) in [5.74, 6) is -1.01. The molecule has 0 bridgehead atoms. The summed E-state index contributed by atoms with van der Waals surface area (Å²) in [6.07, 6.45) is 0.802. The fourth-order valence-corrected chi connectivity index (χ4v) is 4.27. The summed E-state index contributed by atoms with van der Waals surface area (Å²) in [5.41, 5.74) is 0. The lowest BCUT2D eigenvalue weighted by Gasteiger charge is -2.30. The summed E-state index contributed by atoms with van der Waals surface area (Å²) in [6, 6.07) is 6.58. The van der Waals surface area contributed by atoms with Gasteiger partial charge < -0.3 is 9.84 Å². The summed E-state index contributed by atoms with van der Waals surface area (Å²) >= 11 is 3.26. The predicted octanol–water partition coefficient (Wildman–Crippen LogP) is 1.70. The van der Waals surface area contributed by atoms with Crippen molar-refractivity contribution in [2.75, 3.05) is 19.7 Å². The van der Waals surface area contributed by atoms with Gasteiger partial charge in [-0.05, 0) is 31.0 Å². The van der Waals surface area contributed by atoms with Crippen LogP contribution in [0.1, 0.15) is 12.8 Å². The van der Waals surface area contributed by atoms with Gasteiger partial charge in [0.15, 0.2) is 0 Å². The number of rotatable bonds is 5. The molecule has 0 radical (unpaired) electrons. The molecule has 0 aliphatic carbocycles. The van der Waals surface area contributed by atoms with E-state index < -0.39 is 16.0 Å². The van der Waals surface area contributed by atoms with Gasteiger partial charge in [-0.15, -0.1) is 0 Å². The van der Waals surface area contributed by atoms with Crippen LogP contribution in [-0.4, -0.2) is 49.6 Å². The van der Waals surface area contributed by atoms with E-state index in [0.717, 1.165) is 0 Å². The Morgan fingerprint density at radius 2 is 2.05 bits per heavy atom. The molecular formula is C13H16BrNO5S. The third-order valence-corrected chi connectivity index (χ3v) is 5.67. The fourth-order valence-electron chi connectivity index (χ4n) is 2.20. The zero-order valence-electron chi connectivity index (χ0n) is 11.2. The van der Waals surface area contributed by atoms with Crippen LogP contribution in [0, 0.1) is 0 Å². The van der Waals surface area contributed by atoms with Crippen LogP contribution >= 0.6 is 15.9 Å². The largest absolute Gasteiger partial charge is 0.480 e. The van der Waals surface area contributed by atoms with E-state index in [1.807, 2.05) is 0 Å². The Morgan fingerprint density at radius 1 is 1.38 bits per heavy atom. The zero-order valence-corrected chi connectivity index (χ0v) is 13.6. The number of benzene rings is 1. The van der Waals surface area contributed by atoms with Gasteiger partial charge in [-0.2, -0.15) is 4.31 Å². The lowest BCUT2D eigenvalue weighted by Crippen LogP contribution is -2.41. The number of aliphatic carboxylic acids is 1. The minimum atomic E-state index is -3.51. The molecule has 21 heavy (non-hydrogen) atoms. The quantitative estimate of drug-likeness (QED) is 0.843. The molecule has 0 unspecified atom stereocenters. The van der Waals surface area contributed by atoms with Crippen LogP contribution in [0.2, 0.25) is 0 Å². The number of carbonyl (C=O) groups is 1. The highest BCUT2D eigenvalue weighted by Crippen LogP contribution is 2.24. The molecule has 1 aliphatic heterocycles. The summed E-state index contributed by atoms with van der Waals surface area (Å²) in [4.78, 5) is 10.7. The van der Waals surface area contributed by atoms with E-state index >= 15 is 0 Å². The van der Waals surface area contributed by atoms with Crippen LogP contribution in [-0.2, 0) is 19.6 Å². The van der Waals surface area contributed by atoms with E-state index in [-0.39, 0.29) is 17.6 Å². The topological polar surface area (TPSA) is 83.9 Å². The first-order valence-corrected chi connectivity index (χ1v) is 8.72. The normalized spacial score (nSPS) is 17.8. The molecule has 1 aromatic rings. The van der Waals surface area contributed by atoms with E-state index in [1.165, 1.54) is 4.31 Å². The van der Waals surface area contributed by atoms with Crippen molar-refractivity contribution in [1.82, 2.24) is 4.31 Å². The molecule has 1 heterocycles. The highest BCUT2D eigenvalue weighted by molar-refractivity contribution is 9.10. The van der Waals surface area contributed by atoms with Gasteiger partial charge in [0.2, 0.25) is 10.0 Å². The lowest BCUT2D eigenvalue weighted by molar-refractivity contribution is -0.145. The smallest absolute Gasteiger partial charge is 0.329 e. The number of hydrogen-bond donors (Lipinski definition) is 1. The number of hydrogen-bond acceptors (Lipinski definition) is 4. The minimum Gasteiger partial charge on any atom is -0.480 e. The average Bonchev–Trinajstić information content (AvgIpc) is 2.45. The molecule has 1 fully saturated rings. The van der Waals surface area contributed by atoms with Gasteiger partial charge in [-0.1, -0.05) is 22.0 Å². The van der Waals surface area contributed by atoms with Crippen molar-refractivity contribution in [1.29, 1.82) is 0 Å². The fraction of sp³-hybridized carbons (Fsp3) is 0.462. The average molecular weight is 378 g/mol. The van der Waals surface area contributed by atoms with Gasteiger partial charge in [-0.25, -0.2) is 13.2 Å². The van der Waals surface area contributed by atoms with Gasteiger partial charge in [-0.3, -0.25) is 0 Å². The first-order valence-electron chi connectivity index (χ1n) is 6.48. The molecule has 2 rings (SSSR count). The molecule has 0 saturated carbocycles. The van der Waals surface area contributed by atoms with E-state index in [2.05, 4.69) is 15.9 Å². The molecule has 1 aromatic carbocycles. The monoisotopic (exact) mass is 377 g/mol. The Hall–Kier alpha value is -0.960. The molecule has 0 amide bonds. The molecule has 1 N–H and O–H groups in total. The maximum atomic E-state index is 12.5. The van der Waals surface area contributed by atoms with E-state index in [1.54, 1.807) is 24.3 Å². The predicted molar refractivity (Wildman–Crippen MR) is 79.5 cm³/mol. The SMILES string of the molecule is O=C(O)COC1CCN(S(=O)(=O)c2cccc(Br)c2)CC1. The van der Waals surface area contributed by atoms with Crippen molar-refractivity contribution in [3.05, 3.63) is 28.7 Å². The van der Waals surface area contributed by atoms with Gasteiger partial charge in [0.25, 0.3) is 0 Å². The molecule has 6 nitrogen and oxygen atoms in total. The number of carboxylic acid groups (broad SMARTS) is 1. The first-order chi connectivity index (χ1) is 9.89. The highest BCUT2D eigenvalue weighted by Gasteiger charge is 2.29. The van der Waals surface area contributed by atoms with Crippen molar-refractivity contribution < 1.29 is 23.1 Å². The Bertz CT molecular complexity index is 611. The van der Waals surface area contributed by atoms with E-state index in [4.69, 9.17) is 9.84 Å². The van der Waals surface area contributed by atoms with Crippen molar-refractivity contribution in [2.45, 2.75) is 23.8 Å². The van der Waals surface area contributed by atoms with E-state index in [0.29, 0.717) is 30.4 Å². The molecule has 1 aliphatic rings. The van der Waals surface area contributed by atoms with Crippen molar-refractivity contribution in [3.63, 3.8) is 0 Å². The van der Waals surface area contributed by atoms with Crippen molar-refractivity contribution in [2.24, 2.45) is 0 Å². The van der Waals surface area contributed by atoms with Crippen LogP contribution in [0.4, 0.5) is 0 Å². The third kappa shape index (κ3) is 4.26. The highest BCUT2D eigenvalue weighted by atomic mass is 79.9. The van der Waals surface area contributed by atoms with Crippen LogP contribution in [0.25, 0.3) is 0 Å². The number of nitrogens with zero attached hydrogens (tertiary/aromatic N) is 1. The molecule has 116 valence electrons. The maximum absolute atomic E-state index is 12.5. The number of halogens is 1. The number of sulfonamides is 1. The van der Waals surface area contributed by atoms with E-state index in [9.17, 15) is 13.2 Å². The number of carboxylic acids is 1. The second kappa shape index (κ2) is 6.87. The zero-order chi connectivity index (χ0) is 15.5. The summed E-state index contributed by atoms with van der Waals surface area (Å²) in [6.45, 7) is 0.321. The van der Waals surface area contributed by atoms with Crippen molar-refractivity contribution in [3.8, 4) is 0 Å². The Labute approximate surface area is 131 Å². The summed E-state index contributed by atoms with van der Waals surface area (Å²) < 4.78 is 32.3. The Kier molecular flexibility index (Phi) is 5.37. The van der Waals surface area contributed by atoms with Gasteiger partial charge >= 0.3 is 5.97 Å². The lowest BCUT2D eigenvalue weighted by atomic mass is 10.1. The summed E-state index contributed by atoms with van der Waals surface area (Å²) in [5, 5.41) is 8.56. The number of piperidine rings is 1. The van der Waals surface area contributed by atoms with Gasteiger partial charge in [0.05, 0.1) is 11.0 Å². The molecule has 0 aromatic heterocycles. The minimum absolute atomic E-state index is 0.199. The van der Waals surface area contributed by atoms with Crippen LogP contribution in [0.5, 0.6) is 0 Å². The Morgan fingerprint density at radius 3 is 2.62 bits per heavy atom. The van der Waals surface area contributed by atoms with Crippen LogP contribution in [0.15, 0.2) is 33.6 Å². The molecule has 8 heteroatoms. The first kappa shape index (κ1) is 16.4. The molecule has 0 atom stereocenters. The van der Waals surface area contributed by atoms with Crippen LogP contribution in [0.3, 0.4) is 0 Å². The third-order valence-electron chi connectivity index (χ3n) is 3.28. The second-order valence-corrected chi connectivity index (χ2v) is 7.62. The molecule has 0 spiro atoms. The molecular weight excluding hydrogens is 362 g/mol. The second-order valence-electron chi connectivity index (χ2n) is 4.77. The Balaban J connectivity index is 1.99. The molecule has 1 saturated heterocycles. The van der Waals surface area contributed by atoms with Crippen molar-refractivity contribution >= 4 is 31.9 Å². The van der Waals surface area contributed by atoms with Gasteiger partial charge in [0.1, 0.15) is 6.61 Å².